The van der Waals surface area contributed by atoms with E-state index in [1.807, 2.05) is 0 Å². The Balaban J connectivity index is 0.00000605. The molecule has 2 N–H and O–H groups in total. The first-order valence-corrected chi connectivity index (χ1v) is 16.6. The van der Waals surface area contributed by atoms with Crippen LogP contribution in [0.1, 0.15) is 47.7 Å². The molecule has 2 aromatic carbocycles. The van der Waals surface area contributed by atoms with Crippen LogP contribution in [0.2, 0.25) is 0 Å². The highest BCUT2D eigenvalue weighted by atomic mass is 35.5. The summed E-state index contributed by atoms with van der Waals surface area (Å²) in [5.74, 6) is -2.64. The van der Waals surface area contributed by atoms with Crippen molar-refractivity contribution in [3.05, 3.63) is 112 Å². The van der Waals surface area contributed by atoms with Crippen LogP contribution in [-0.2, 0) is 33.0 Å². The third kappa shape index (κ3) is 8.93. The lowest BCUT2D eigenvalue weighted by Crippen LogP contribution is -3.00. The van der Waals surface area contributed by atoms with Gasteiger partial charge in [-0.1, -0.05) is 25.1 Å². The lowest BCUT2D eigenvalue weighted by Gasteiger charge is -2.32. The van der Waals surface area contributed by atoms with Gasteiger partial charge in [0.2, 0.25) is 12.6 Å². The lowest BCUT2D eigenvalue weighted by molar-refractivity contribution is -0.753. The number of carbonyl (C=O) groups excluding carboxylic acids is 2. The second-order valence-corrected chi connectivity index (χ2v) is 12.5. The molecule has 272 valence electrons. The zero-order valence-corrected chi connectivity index (χ0v) is 30.1. The number of nitriles is 1. The van der Waals surface area contributed by atoms with Crippen LogP contribution in [0.25, 0.3) is 11.3 Å². The number of thiazole rings is 1. The van der Waals surface area contributed by atoms with Gasteiger partial charge in [-0.05, 0) is 43.4 Å². The van der Waals surface area contributed by atoms with E-state index in [0.717, 1.165) is 23.8 Å². The predicted octanol–water partition coefficient (Wildman–Crippen LogP) is 1.59. The number of hydrogen-bond acceptors (Lipinski definition) is 11. The maximum Gasteiger partial charge on any atom is 0.418 e. The standard InChI is InChI=1S/C35H35F2N8O5S.ClH/c1-22(33-42-30(18-51-33)25-9-7-24(15-38)8-10-25)35(48,28-14-27(36)11-12-29(28)37)19-45-21-44(20-41-45)23(2)50-34(47)43(4)32-26(6-5-13-40-32)17-49-31(46)16-39-3;/h5-14,18,20-23,39,48H,16-17,19H2,1-4H3;1H/q+1;/p-1/t22-,23+,35+;/m0./s1. The van der Waals surface area contributed by atoms with Crippen LogP contribution in [0.4, 0.5) is 19.4 Å². The minimum absolute atomic E-state index is 0. The summed E-state index contributed by atoms with van der Waals surface area (Å²) in [6, 6.07) is 15.1. The van der Waals surface area contributed by atoms with Gasteiger partial charge in [0, 0.05) is 53.3 Å². The zero-order valence-electron chi connectivity index (χ0n) is 28.5. The molecular formula is C35H35ClF2N8O5S. The number of rotatable bonds is 13. The molecule has 3 aromatic heterocycles. The molecule has 0 aliphatic heterocycles. The highest BCUT2D eigenvalue weighted by Crippen LogP contribution is 2.41. The number of pyridine rings is 1. The zero-order chi connectivity index (χ0) is 36.7. The average molecular weight is 753 g/mol. The fraction of sp³-hybridized carbons (Fsp3) is 0.286. The molecule has 0 fully saturated rings. The second-order valence-electron chi connectivity index (χ2n) is 11.6. The third-order valence-electron chi connectivity index (χ3n) is 8.18. The van der Waals surface area contributed by atoms with Crippen molar-refractivity contribution in [3.8, 4) is 17.3 Å². The highest BCUT2D eigenvalue weighted by Gasteiger charge is 2.43. The SMILES string of the molecule is CNCC(=O)OCc1cccnc1N(C)C(=O)O[C@H](C)[n+]1cnn(C[C@](O)(c2cc(F)ccc2F)[C@@H](C)c2nc(-c3ccc(C#N)cc3)cs2)c1.[Cl-]. The minimum Gasteiger partial charge on any atom is -1.00 e. The van der Waals surface area contributed by atoms with E-state index < -0.39 is 41.4 Å². The van der Waals surface area contributed by atoms with Crippen LogP contribution in [0.5, 0.6) is 0 Å². The van der Waals surface area contributed by atoms with Gasteiger partial charge in [0.25, 0.3) is 6.33 Å². The van der Waals surface area contributed by atoms with Crippen LogP contribution in [0, 0.1) is 23.0 Å². The summed E-state index contributed by atoms with van der Waals surface area (Å²) in [7, 11) is 3.08. The number of aromatic nitrogens is 5. The average Bonchev–Trinajstić information content (AvgIpc) is 3.82. The van der Waals surface area contributed by atoms with Gasteiger partial charge in [0.15, 0.2) is 0 Å². The number of carbonyl (C=O) groups is 2. The van der Waals surface area contributed by atoms with E-state index in [-0.39, 0.29) is 43.5 Å². The van der Waals surface area contributed by atoms with Crippen LogP contribution in [0.3, 0.4) is 0 Å². The summed E-state index contributed by atoms with van der Waals surface area (Å²) < 4.78 is 43.5. The Morgan fingerprint density at radius 1 is 1.19 bits per heavy atom. The summed E-state index contributed by atoms with van der Waals surface area (Å²) in [5, 5.41) is 30.6. The van der Waals surface area contributed by atoms with Crippen molar-refractivity contribution < 1.29 is 49.9 Å². The van der Waals surface area contributed by atoms with Gasteiger partial charge in [0.05, 0.1) is 28.9 Å². The predicted molar refractivity (Wildman–Crippen MR) is 181 cm³/mol. The van der Waals surface area contributed by atoms with Crippen molar-refractivity contribution in [1.29, 1.82) is 5.26 Å². The number of benzene rings is 2. The van der Waals surface area contributed by atoms with Gasteiger partial charge in [-0.3, -0.25) is 9.69 Å². The molecule has 0 saturated heterocycles. The van der Waals surface area contributed by atoms with E-state index in [1.165, 1.54) is 51.4 Å². The first kappa shape index (κ1) is 39.4. The molecule has 0 aliphatic rings. The van der Waals surface area contributed by atoms with Crippen LogP contribution >= 0.6 is 11.3 Å². The van der Waals surface area contributed by atoms with Gasteiger partial charge in [-0.15, -0.1) is 16.0 Å². The smallest absolute Gasteiger partial charge is 0.418 e. The Morgan fingerprint density at radius 3 is 2.65 bits per heavy atom. The van der Waals surface area contributed by atoms with Crippen LogP contribution in [0.15, 0.2) is 78.8 Å². The molecule has 1 amide bonds. The summed E-state index contributed by atoms with van der Waals surface area (Å²) in [6.45, 7) is 2.85. The number of ether oxygens (including phenoxy) is 2. The van der Waals surface area contributed by atoms with Gasteiger partial charge >= 0.3 is 12.1 Å². The van der Waals surface area contributed by atoms with Crippen molar-refractivity contribution in [2.75, 3.05) is 25.5 Å². The Morgan fingerprint density at radius 2 is 1.94 bits per heavy atom. The highest BCUT2D eigenvalue weighted by molar-refractivity contribution is 7.10. The Kier molecular flexibility index (Phi) is 13.1. The van der Waals surface area contributed by atoms with Crippen molar-refractivity contribution in [3.63, 3.8) is 0 Å². The molecule has 0 spiro atoms. The number of likely N-dealkylation sites (N-methyl/N-ethyl adjacent to an activating group) is 1. The molecule has 5 rings (SSSR count). The maximum atomic E-state index is 15.3. The Labute approximate surface area is 308 Å². The first-order valence-electron chi connectivity index (χ1n) is 15.7. The van der Waals surface area contributed by atoms with Crippen molar-refractivity contribution in [2.45, 2.75) is 44.7 Å². The van der Waals surface area contributed by atoms with Crippen molar-refractivity contribution >= 4 is 29.2 Å². The number of hydrogen-bond donors (Lipinski definition) is 2. The second kappa shape index (κ2) is 17.2. The molecule has 52 heavy (non-hydrogen) atoms. The van der Waals surface area contributed by atoms with Gasteiger partial charge in [-0.2, -0.15) is 9.83 Å². The van der Waals surface area contributed by atoms with E-state index in [9.17, 15) is 19.1 Å². The molecule has 0 aliphatic carbocycles. The number of amides is 1. The van der Waals surface area contributed by atoms with Gasteiger partial charge in [-0.25, -0.2) is 23.5 Å². The lowest BCUT2D eigenvalue weighted by atomic mass is 9.82. The first-order chi connectivity index (χ1) is 24.4. The molecule has 3 heterocycles. The molecule has 0 radical (unpaired) electrons. The van der Waals surface area contributed by atoms with E-state index in [4.69, 9.17) is 19.7 Å². The third-order valence-corrected chi connectivity index (χ3v) is 9.20. The van der Waals surface area contributed by atoms with E-state index in [2.05, 4.69) is 21.5 Å². The molecule has 17 heteroatoms. The summed E-state index contributed by atoms with van der Waals surface area (Å²) in [6.07, 6.45) is 2.65. The van der Waals surface area contributed by atoms with Crippen LogP contribution in [-0.4, -0.2) is 57.6 Å². The molecule has 0 bridgehead atoms. The maximum absolute atomic E-state index is 15.3. The van der Waals surface area contributed by atoms with E-state index in [1.54, 1.807) is 62.7 Å². The normalized spacial score (nSPS) is 13.2. The largest absolute Gasteiger partial charge is 1.00 e. The Bertz CT molecular complexity index is 2060. The number of esters is 1. The molecule has 3 atom stereocenters. The number of nitrogens with one attached hydrogen (secondary N) is 1. The summed E-state index contributed by atoms with van der Waals surface area (Å²) in [5.41, 5.74) is 0.000750. The molecule has 13 nitrogen and oxygen atoms in total. The Hall–Kier alpha value is -5.34. The van der Waals surface area contributed by atoms with Crippen LogP contribution < -0.4 is 27.2 Å². The van der Waals surface area contributed by atoms with E-state index >= 15 is 4.39 Å². The molecule has 5 aromatic rings. The van der Waals surface area contributed by atoms with Crippen molar-refractivity contribution in [2.24, 2.45) is 0 Å². The monoisotopic (exact) mass is 752 g/mol. The summed E-state index contributed by atoms with van der Waals surface area (Å²) >= 11 is 1.25. The van der Waals surface area contributed by atoms with E-state index in [0.29, 0.717) is 21.8 Å². The van der Waals surface area contributed by atoms with Gasteiger partial charge < -0.3 is 32.3 Å². The topological polar surface area (TPSA) is 159 Å². The fourth-order valence-electron chi connectivity index (χ4n) is 5.25. The molecule has 0 saturated carbocycles. The fourth-order valence-corrected chi connectivity index (χ4v) is 6.22. The van der Waals surface area contributed by atoms with Gasteiger partial charge in [0.1, 0.15) is 36.2 Å². The molecule has 0 unspecified atom stereocenters. The minimum atomic E-state index is -2.04. The number of aliphatic hydroxyl groups is 1. The van der Waals surface area contributed by atoms with Crippen molar-refractivity contribution in [1.82, 2.24) is 25.1 Å². The molecular weight excluding hydrogens is 718 g/mol. The number of halogens is 3. The number of nitrogens with zero attached hydrogens (tertiary/aromatic N) is 7. The number of anilines is 1. The quantitative estimate of drug-likeness (QED) is 0.134. The summed E-state index contributed by atoms with van der Waals surface area (Å²) in [4.78, 5) is 35.1.